The molecule has 0 aliphatic heterocycles. The topological polar surface area (TPSA) is 260 Å². The van der Waals surface area contributed by atoms with Gasteiger partial charge >= 0.3 is 0 Å². The molecule has 60 heavy (non-hydrogen) atoms. The third-order valence-corrected chi connectivity index (χ3v) is 10.9. The summed E-state index contributed by atoms with van der Waals surface area (Å²) in [5.41, 5.74) is 17.0. The minimum absolute atomic E-state index is 0.0753. The smallest absolute Gasteiger partial charge is 0.255 e. The van der Waals surface area contributed by atoms with Crippen LogP contribution in [-0.4, -0.2) is 128 Å². The van der Waals surface area contributed by atoms with Gasteiger partial charge in [0.1, 0.15) is 23.0 Å². The number of guanidine groups is 1. The molecule has 0 aromatic heterocycles. The Hall–Kier alpha value is -5.29. The summed E-state index contributed by atoms with van der Waals surface area (Å²) in [4.78, 5) is 61.8. The lowest BCUT2D eigenvalue weighted by Crippen LogP contribution is -2.44. The fourth-order valence-electron chi connectivity index (χ4n) is 7.64. The van der Waals surface area contributed by atoms with Gasteiger partial charge in [-0.25, -0.2) is 4.99 Å². The average molecular weight is 838 g/mol. The van der Waals surface area contributed by atoms with E-state index in [0.29, 0.717) is 64.8 Å². The summed E-state index contributed by atoms with van der Waals surface area (Å²) in [7, 11) is 7.80. The van der Waals surface area contributed by atoms with Crippen LogP contribution in [0.25, 0.3) is 0 Å². The van der Waals surface area contributed by atoms with Gasteiger partial charge in [0.05, 0.1) is 41.5 Å². The van der Waals surface area contributed by atoms with Crippen LogP contribution in [0, 0.1) is 0 Å². The third kappa shape index (κ3) is 13.9. The van der Waals surface area contributed by atoms with Crippen LogP contribution >= 0.6 is 0 Å². The van der Waals surface area contributed by atoms with Gasteiger partial charge in [-0.05, 0) is 115 Å². The number of phenolic OH excluding ortho intramolecular Hbond substituents is 2. The molecule has 0 unspecified atom stereocenters. The summed E-state index contributed by atoms with van der Waals surface area (Å²) in [6.45, 7) is 1.84. The molecule has 2 saturated carbocycles. The van der Waals surface area contributed by atoms with Gasteiger partial charge in [0.2, 0.25) is 0 Å². The second-order valence-corrected chi connectivity index (χ2v) is 16.2. The number of ether oxygens (including phenoxy) is 2. The normalized spacial score (nSPS) is 18.8. The number of nitrogens with zero attached hydrogens (tertiary/aromatic N) is 3. The Morgan fingerprint density at radius 3 is 1.42 bits per heavy atom. The molecule has 2 fully saturated rings. The number of phenols is 2. The summed E-state index contributed by atoms with van der Waals surface area (Å²) >= 11 is 0. The van der Waals surface area contributed by atoms with E-state index < -0.39 is 35.1 Å². The lowest BCUT2D eigenvalue weighted by molar-refractivity contribution is 0.0886. The van der Waals surface area contributed by atoms with E-state index in [1.54, 1.807) is 6.07 Å². The number of amides is 4. The van der Waals surface area contributed by atoms with Crippen LogP contribution in [-0.2, 0) is 0 Å². The van der Waals surface area contributed by atoms with Crippen molar-refractivity contribution in [1.82, 2.24) is 25.8 Å². The molecule has 0 saturated heterocycles. The number of carbonyl (C=O) groups is 4. The predicted molar refractivity (Wildman–Crippen MR) is 231 cm³/mol. The molecule has 17 heteroatoms. The molecule has 4 rings (SSSR count). The van der Waals surface area contributed by atoms with Crippen LogP contribution in [0.5, 0.6) is 23.0 Å². The van der Waals surface area contributed by atoms with Crippen molar-refractivity contribution < 1.29 is 38.9 Å². The zero-order chi connectivity index (χ0) is 43.8. The van der Waals surface area contributed by atoms with Gasteiger partial charge in [0.25, 0.3) is 23.6 Å². The third-order valence-electron chi connectivity index (χ3n) is 10.9. The Balaban J connectivity index is 1.35. The molecule has 2 aromatic carbocycles. The van der Waals surface area contributed by atoms with Crippen molar-refractivity contribution in [1.29, 1.82) is 0 Å². The Morgan fingerprint density at radius 2 is 1.00 bits per heavy atom. The highest BCUT2D eigenvalue weighted by Gasteiger charge is 2.29. The van der Waals surface area contributed by atoms with Crippen LogP contribution in [0.1, 0.15) is 131 Å². The molecule has 2 aromatic rings. The molecule has 2 aliphatic carbocycles. The zero-order valence-electron chi connectivity index (χ0n) is 35.8. The lowest BCUT2D eigenvalue weighted by atomic mass is 9.90. The predicted octanol–water partition coefficient (Wildman–Crippen LogP) is 3.20. The van der Waals surface area contributed by atoms with Crippen LogP contribution in [0.2, 0.25) is 0 Å². The van der Waals surface area contributed by atoms with Gasteiger partial charge in [-0.3, -0.25) is 19.2 Å². The van der Waals surface area contributed by atoms with Crippen molar-refractivity contribution in [3.63, 3.8) is 0 Å². The molecule has 4 amide bonds. The monoisotopic (exact) mass is 838 g/mol. The number of carbonyl (C=O) groups excluding carboxylic acids is 4. The maximum atomic E-state index is 13.7. The van der Waals surface area contributed by atoms with E-state index in [2.05, 4.69) is 16.0 Å². The van der Waals surface area contributed by atoms with E-state index in [-0.39, 0.29) is 57.9 Å². The Morgan fingerprint density at radius 1 is 0.600 bits per heavy atom. The number of aliphatic imine (C=N–C) groups is 1. The van der Waals surface area contributed by atoms with Gasteiger partial charge in [-0.1, -0.05) is 0 Å². The molecule has 11 N–H and O–H groups in total. The molecule has 0 radical (unpaired) electrons. The minimum atomic E-state index is -0.734. The first-order chi connectivity index (χ1) is 28.7. The van der Waals surface area contributed by atoms with Crippen LogP contribution in [0.3, 0.4) is 0 Å². The van der Waals surface area contributed by atoms with Crippen LogP contribution in [0.4, 0.5) is 0 Å². The molecule has 17 nitrogen and oxygen atoms in total. The van der Waals surface area contributed by atoms with E-state index in [4.69, 9.17) is 31.7 Å². The van der Waals surface area contributed by atoms with E-state index in [1.165, 1.54) is 12.1 Å². The lowest BCUT2D eigenvalue weighted by Gasteiger charge is -2.30. The largest absolute Gasteiger partial charge is 0.507 e. The fourth-order valence-corrected chi connectivity index (χ4v) is 7.64. The first-order valence-electron chi connectivity index (χ1n) is 21.3. The Bertz CT molecular complexity index is 1780. The standard InChI is InChI=1S/C43H67N9O8/c1-51(2)43(52(3)4)50-30-17-15-28(16-18-30)48-41(57)32-23-31(35(53)25-36(32)54)40(56)47-27-11-13-29(14-12-27)49-42(58)34-24-33(39(46)55)37(59-21-9-5-7-19-44)26-38(34)60-22-10-6-8-20-45/h23-30,53-54H,5-22,44-45H2,1-4H3,(H2,46,55)(H,47,56)(H,48,57)(H,49,58). The highest BCUT2D eigenvalue weighted by molar-refractivity contribution is 6.04. The Kier molecular flexibility index (Phi) is 18.5. The van der Waals surface area contributed by atoms with Crippen molar-refractivity contribution in [2.75, 3.05) is 54.5 Å². The van der Waals surface area contributed by atoms with Crippen molar-refractivity contribution in [3.8, 4) is 23.0 Å². The highest BCUT2D eigenvalue weighted by Crippen LogP contribution is 2.32. The highest BCUT2D eigenvalue weighted by atomic mass is 16.5. The number of benzene rings is 2. The number of nitrogens with one attached hydrogen (secondary N) is 3. The van der Waals surface area contributed by atoms with Crippen molar-refractivity contribution >= 4 is 29.6 Å². The van der Waals surface area contributed by atoms with Crippen molar-refractivity contribution in [2.24, 2.45) is 22.2 Å². The molecule has 0 atom stereocenters. The second-order valence-electron chi connectivity index (χ2n) is 16.2. The maximum absolute atomic E-state index is 13.7. The van der Waals surface area contributed by atoms with Crippen LogP contribution < -0.4 is 42.6 Å². The molecule has 332 valence electrons. The summed E-state index contributed by atoms with van der Waals surface area (Å²) in [6, 6.07) is 4.69. The SMILES string of the molecule is CN(C)C(=NC1CCC(NC(=O)c2cc(C(=O)NC3CCC(NC(=O)c4cc(C(N)=O)c(OCCCCCN)cc4OCCCCCN)CC3)c(O)cc2O)CC1)N(C)C. The summed E-state index contributed by atoms with van der Waals surface area (Å²) in [5, 5.41) is 30.2. The van der Waals surface area contributed by atoms with Crippen molar-refractivity contribution in [3.05, 3.63) is 46.5 Å². The average Bonchev–Trinajstić information content (AvgIpc) is 3.20. The van der Waals surface area contributed by atoms with Crippen molar-refractivity contribution in [2.45, 2.75) is 114 Å². The molecular weight excluding hydrogens is 771 g/mol. The first kappa shape index (κ1) is 47.4. The first-order valence-corrected chi connectivity index (χ1v) is 21.3. The van der Waals surface area contributed by atoms with Crippen LogP contribution in [0.15, 0.2) is 29.3 Å². The number of unbranched alkanes of at least 4 members (excludes halogenated alkanes) is 4. The number of rotatable bonds is 20. The van der Waals surface area contributed by atoms with E-state index in [0.717, 1.165) is 63.4 Å². The number of aromatic hydroxyl groups is 2. The number of nitrogens with two attached hydrogens (primary N) is 3. The van der Waals surface area contributed by atoms with Gasteiger partial charge in [0, 0.05) is 58.4 Å². The van der Waals surface area contributed by atoms with E-state index in [9.17, 15) is 29.4 Å². The number of primary amides is 1. The molecule has 0 spiro atoms. The summed E-state index contributed by atoms with van der Waals surface area (Å²) in [6.07, 6.45) is 10.00. The summed E-state index contributed by atoms with van der Waals surface area (Å²) in [5.74, 6) is -1.76. The maximum Gasteiger partial charge on any atom is 0.255 e. The molecule has 0 bridgehead atoms. The fraction of sp³-hybridized carbons (Fsp3) is 0.605. The van der Waals surface area contributed by atoms with E-state index >= 15 is 0 Å². The minimum Gasteiger partial charge on any atom is -0.507 e. The molecule has 2 aliphatic rings. The van der Waals surface area contributed by atoms with Gasteiger partial charge in [-0.2, -0.15) is 0 Å². The summed E-state index contributed by atoms with van der Waals surface area (Å²) < 4.78 is 12.0. The van der Waals surface area contributed by atoms with Gasteiger partial charge < -0.3 is 62.6 Å². The Labute approximate surface area is 353 Å². The number of hydrogen-bond acceptors (Lipinski definition) is 11. The molecule has 0 heterocycles. The zero-order valence-corrected chi connectivity index (χ0v) is 35.8. The second kappa shape index (κ2) is 23.5. The van der Waals surface area contributed by atoms with E-state index in [1.807, 2.05) is 38.0 Å². The van der Waals surface area contributed by atoms with Gasteiger partial charge in [0.15, 0.2) is 5.96 Å². The van der Waals surface area contributed by atoms with Gasteiger partial charge in [-0.15, -0.1) is 0 Å². The molecular formula is C43H67N9O8. The number of hydrogen-bond donors (Lipinski definition) is 8. The quantitative estimate of drug-likeness (QED) is 0.0544.